The molecule has 4 heteroatoms. The van der Waals surface area contributed by atoms with Gasteiger partial charge in [0.05, 0.1) is 23.9 Å². The number of halogens is 1. The molecule has 3 rings (SSSR count). The lowest BCUT2D eigenvalue weighted by Crippen LogP contribution is -2.03. The number of ether oxygens (including phenoxy) is 1. The number of benzene rings is 2. The first-order chi connectivity index (χ1) is 10.2. The zero-order chi connectivity index (χ0) is 14.8. The predicted molar refractivity (Wildman–Crippen MR) is 86.2 cm³/mol. The molecule has 1 heterocycles. The number of carbonyl (C=O) groups excluding carboxylic acids is 1. The van der Waals surface area contributed by atoms with Gasteiger partial charge < -0.3 is 4.74 Å². The van der Waals surface area contributed by atoms with E-state index < -0.39 is 0 Å². The average Bonchev–Trinajstić information content (AvgIpc) is 2.54. The van der Waals surface area contributed by atoms with Crippen molar-refractivity contribution in [3.8, 4) is 11.3 Å². The van der Waals surface area contributed by atoms with Crippen molar-refractivity contribution in [2.24, 2.45) is 0 Å². The van der Waals surface area contributed by atoms with E-state index in [1.807, 2.05) is 48.5 Å². The summed E-state index contributed by atoms with van der Waals surface area (Å²) in [6.45, 7) is 0. The van der Waals surface area contributed by atoms with Gasteiger partial charge in [-0.2, -0.15) is 0 Å². The smallest absolute Gasteiger partial charge is 0.340 e. The molecular weight excluding hydrogens is 330 g/mol. The van der Waals surface area contributed by atoms with E-state index in [4.69, 9.17) is 4.74 Å². The summed E-state index contributed by atoms with van der Waals surface area (Å²) in [6.07, 6.45) is 0. The number of methoxy groups -OCH3 is 1. The lowest BCUT2D eigenvalue weighted by Gasteiger charge is -2.09. The van der Waals surface area contributed by atoms with Crippen LogP contribution in [0.5, 0.6) is 0 Å². The summed E-state index contributed by atoms with van der Waals surface area (Å²) in [5.41, 5.74) is 2.91. The van der Waals surface area contributed by atoms with Gasteiger partial charge in [-0.25, -0.2) is 9.78 Å². The monoisotopic (exact) mass is 341 g/mol. The lowest BCUT2D eigenvalue weighted by molar-refractivity contribution is 0.0603. The molecule has 3 aromatic rings. The van der Waals surface area contributed by atoms with Crippen LogP contribution in [0.15, 0.2) is 59.1 Å². The Morgan fingerprint density at radius 1 is 1.10 bits per heavy atom. The van der Waals surface area contributed by atoms with Crippen molar-refractivity contribution >= 4 is 32.8 Å². The Hall–Kier alpha value is -2.20. The quantitative estimate of drug-likeness (QED) is 0.646. The molecule has 0 atom stereocenters. The highest BCUT2D eigenvalue weighted by molar-refractivity contribution is 9.10. The van der Waals surface area contributed by atoms with Crippen LogP contribution in [0.3, 0.4) is 0 Å². The highest BCUT2D eigenvalue weighted by atomic mass is 79.9. The van der Waals surface area contributed by atoms with Gasteiger partial charge >= 0.3 is 5.97 Å². The third kappa shape index (κ3) is 2.54. The van der Waals surface area contributed by atoms with Crippen molar-refractivity contribution in [2.75, 3.05) is 7.11 Å². The zero-order valence-electron chi connectivity index (χ0n) is 11.3. The lowest BCUT2D eigenvalue weighted by atomic mass is 10.1. The molecule has 0 aliphatic heterocycles. The molecular formula is C17H12BrNO2. The summed E-state index contributed by atoms with van der Waals surface area (Å²) in [4.78, 5) is 16.6. The maximum absolute atomic E-state index is 11.9. The Balaban J connectivity index is 2.29. The molecule has 0 unspecified atom stereocenters. The predicted octanol–water partition coefficient (Wildman–Crippen LogP) is 4.45. The largest absolute Gasteiger partial charge is 0.465 e. The van der Waals surface area contributed by atoms with Crippen LogP contribution in [0.25, 0.3) is 22.2 Å². The summed E-state index contributed by atoms with van der Waals surface area (Å²) in [5, 5.41) is 0.887. The van der Waals surface area contributed by atoms with Crippen LogP contribution in [-0.4, -0.2) is 18.1 Å². The molecule has 1 aromatic heterocycles. The Labute approximate surface area is 130 Å². The van der Waals surface area contributed by atoms with Crippen molar-refractivity contribution in [2.45, 2.75) is 0 Å². The maximum Gasteiger partial charge on any atom is 0.340 e. The number of aromatic nitrogens is 1. The van der Waals surface area contributed by atoms with Crippen LogP contribution in [-0.2, 0) is 4.74 Å². The Morgan fingerprint density at radius 2 is 1.86 bits per heavy atom. The van der Waals surface area contributed by atoms with E-state index in [9.17, 15) is 4.79 Å². The first-order valence-corrected chi connectivity index (χ1v) is 7.23. The molecule has 0 radical (unpaired) electrons. The van der Waals surface area contributed by atoms with Crippen LogP contribution >= 0.6 is 15.9 Å². The number of esters is 1. The van der Waals surface area contributed by atoms with E-state index >= 15 is 0 Å². The fourth-order valence-corrected chi connectivity index (χ4v) is 2.78. The number of fused-ring (bicyclic) bond motifs is 1. The highest BCUT2D eigenvalue weighted by Crippen LogP contribution is 2.30. The minimum atomic E-state index is -0.384. The fourth-order valence-electron chi connectivity index (χ4n) is 2.24. The zero-order valence-corrected chi connectivity index (χ0v) is 12.9. The molecule has 0 fully saturated rings. The summed E-state index contributed by atoms with van der Waals surface area (Å²) >= 11 is 3.56. The molecule has 0 N–H and O–H groups in total. The number of carbonyl (C=O) groups is 1. The van der Waals surface area contributed by atoms with E-state index in [2.05, 4.69) is 20.9 Å². The van der Waals surface area contributed by atoms with Gasteiger partial charge in [0, 0.05) is 15.4 Å². The first kappa shape index (κ1) is 13.8. The second-order valence-corrected chi connectivity index (χ2v) is 5.40. The van der Waals surface area contributed by atoms with Crippen molar-refractivity contribution in [3.05, 3.63) is 64.6 Å². The maximum atomic E-state index is 11.9. The third-order valence-electron chi connectivity index (χ3n) is 3.26. The van der Waals surface area contributed by atoms with Crippen molar-refractivity contribution in [1.29, 1.82) is 0 Å². The van der Waals surface area contributed by atoms with Gasteiger partial charge in [-0.1, -0.05) is 58.4 Å². The summed E-state index contributed by atoms with van der Waals surface area (Å²) in [5.74, 6) is -0.384. The highest BCUT2D eigenvalue weighted by Gasteiger charge is 2.14. The number of para-hydroxylation sites is 1. The van der Waals surface area contributed by atoms with Crippen LogP contribution in [0, 0.1) is 0 Å². The number of pyridine rings is 1. The van der Waals surface area contributed by atoms with Crippen molar-refractivity contribution in [3.63, 3.8) is 0 Å². The van der Waals surface area contributed by atoms with Gasteiger partial charge in [0.2, 0.25) is 0 Å². The van der Waals surface area contributed by atoms with Gasteiger partial charge in [-0.3, -0.25) is 0 Å². The number of rotatable bonds is 2. The fraction of sp³-hybridized carbons (Fsp3) is 0.0588. The molecule has 0 bridgehead atoms. The van der Waals surface area contributed by atoms with Gasteiger partial charge in [0.15, 0.2) is 0 Å². The van der Waals surface area contributed by atoms with E-state index in [1.54, 1.807) is 6.07 Å². The Bertz CT molecular complexity index is 816. The molecule has 0 saturated carbocycles. The minimum Gasteiger partial charge on any atom is -0.465 e. The third-order valence-corrected chi connectivity index (χ3v) is 3.92. The van der Waals surface area contributed by atoms with Crippen LogP contribution in [0.2, 0.25) is 0 Å². The molecule has 0 spiro atoms. The molecule has 0 amide bonds. The first-order valence-electron chi connectivity index (χ1n) is 6.43. The van der Waals surface area contributed by atoms with E-state index in [0.717, 1.165) is 21.1 Å². The molecule has 0 saturated heterocycles. The van der Waals surface area contributed by atoms with Gasteiger partial charge in [0.1, 0.15) is 0 Å². The van der Waals surface area contributed by atoms with Gasteiger partial charge in [-0.15, -0.1) is 0 Å². The summed E-state index contributed by atoms with van der Waals surface area (Å²) in [6, 6.07) is 17.3. The Morgan fingerprint density at radius 3 is 2.57 bits per heavy atom. The van der Waals surface area contributed by atoms with E-state index in [1.165, 1.54) is 7.11 Å². The van der Waals surface area contributed by atoms with Gasteiger partial charge in [0.25, 0.3) is 0 Å². The van der Waals surface area contributed by atoms with Crippen LogP contribution in [0.4, 0.5) is 0 Å². The van der Waals surface area contributed by atoms with Crippen molar-refractivity contribution in [1.82, 2.24) is 4.98 Å². The molecule has 0 aliphatic carbocycles. The second-order valence-electron chi connectivity index (χ2n) is 4.55. The topological polar surface area (TPSA) is 39.2 Å². The minimum absolute atomic E-state index is 0.384. The molecule has 3 nitrogen and oxygen atoms in total. The van der Waals surface area contributed by atoms with Crippen LogP contribution in [0.1, 0.15) is 10.4 Å². The van der Waals surface area contributed by atoms with Crippen LogP contribution < -0.4 is 0 Å². The second kappa shape index (κ2) is 5.66. The molecule has 0 aliphatic rings. The number of hydrogen-bond donors (Lipinski definition) is 0. The standard InChI is InChI=1S/C17H12BrNO2/c1-21-17(20)13-9-5-8-12-14(18)10-15(19-16(12)13)11-6-3-2-4-7-11/h2-10H,1H3. The number of nitrogens with zero attached hydrogens (tertiary/aromatic N) is 1. The SMILES string of the molecule is COC(=O)c1cccc2c(Br)cc(-c3ccccc3)nc12. The summed E-state index contributed by atoms with van der Waals surface area (Å²) < 4.78 is 5.74. The average molecular weight is 342 g/mol. The van der Waals surface area contributed by atoms with Gasteiger partial charge in [-0.05, 0) is 12.1 Å². The van der Waals surface area contributed by atoms with E-state index in [-0.39, 0.29) is 5.97 Å². The normalized spacial score (nSPS) is 10.6. The number of hydrogen-bond acceptors (Lipinski definition) is 3. The molecule has 104 valence electrons. The van der Waals surface area contributed by atoms with Crippen molar-refractivity contribution < 1.29 is 9.53 Å². The molecule has 2 aromatic carbocycles. The van der Waals surface area contributed by atoms with E-state index in [0.29, 0.717) is 11.1 Å². The Kier molecular flexibility index (Phi) is 3.71. The summed E-state index contributed by atoms with van der Waals surface area (Å²) in [7, 11) is 1.37. The molecule has 21 heavy (non-hydrogen) atoms.